The molecule has 1 aromatic carbocycles. The zero-order chi connectivity index (χ0) is 14.3. The van der Waals surface area contributed by atoms with E-state index in [9.17, 15) is 8.42 Å². The second-order valence-corrected chi connectivity index (χ2v) is 7.05. The fraction of sp³-hybridized carbons (Fsp3) is 0.467. The Bertz CT molecular complexity index is 492. The van der Waals surface area contributed by atoms with Crippen molar-refractivity contribution in [3.8, 4) is 0 Å². The highest BCUT2D eigenvalue weighted by Gasteiger charge is 2.27. The lowest BCUT2D eigenvalue weighted by molar-refractivity contribution is 0.506. The van der Waals surface area contributed by atoms with E-state index in [2.05, 4.69) is 13.0 Å². The minimum atomic E-state index is -3.30. The van der Waals surface area contributed by atoms with Crippen LogP contribution >= 0.6 is 0 Å². The molecule has 19 heavy (non-hydrogen) atoms. The van der Waals surface area contributed by atoms with Crippen LogP contribution in [0.15, 0.2) is 42.5 Å². The Kier molecular flexibility index (Phi) is 6.25. The van der Waals surface area contributed by atoms with Gasteiger partial charge in [-0.2, -0.15) is 0 Å². The molecule has 0 amide bonds. The number of allylic oxidation sites excluding steroid dienone is 2. The topological polar surface area (TPSA) is 37.4 Å². The molecule has 0 aromatic heterocycles. The summed E-state index contributed by atoms with van der Waals surface area (Å²) in [5.41, 5.74) is 0.845. The summed E-state index contributed by atoms with van der Waals surface area (Å²) in [5.74, 6) is 0. The molecule has 0 saturated carbocycles. The summed E-state index contributed by atoms with van der Waals surface area (Å²) in [5, 5.41) is -0.503. The number of hydrogen-bond donors (Lipinski definition) is 0. The highest BCUT2D eigenvalue weighted by atomic mass is 32.2. The normalized spacial score (nSPS) is 14.1. The first-order valence-corrected chi connectivity index (χ1v) is 8.11. The van der Waals surface area contributed by atoms with Gasteiger partial charge in [0.2, 0.25) is 10.0 Å². The van der Waals surface area contributed by atoms with Crippen molar-refractivity contribution in [1.29, 1.82) is 0 Å². The lowest BCUT2D eigenvalue weighted by Gasteiger charge is -2.21. The smallest absolute Gasteiger partial charge is 0.212 e. The molecule has 1 unspecified atom stereocenters. The summed E-state index contributed by atoms with van der Waals surface area (Å²) in [7, 11) is -0.128. The lowest BCUT2D eigenvalue weighted by atomic mass is 10.1. The van der Waals surface area contributed by atoms with Crippen LogP contribution in [-0.2, 0) is 10.0 Å². The molecule has 0 spiro atoms. The predicted molar refractivity (Wildman–Crippen MR) is 80.5 cm³/mol. The maximum Gasteiger partial charge on any atom is 0.220 e. The minimum absolute atomic E-state index is 0.503. The SMILES string of the molecule is CCC/C=C/CC(c1ccccc1)S(=O)(=O)N(C)C. The van der Waals surface area contributed by atoms with Gasteiger partial charge in [-0.3, -0.25) is 0 Å². The third kappa shape index (κ3) is 4.48. The van der Waals surface area contributed by atoms with Crippen molar-refractivity contribution >= 4 is 10.0 Å². The van der Waals surface area contributed by atoms with Gasteiger partial charge in [-0.15, -0.1) is 0 Å². The molecular formula is C15H23NO2S. The Morgan fingerprint density at radius 2 is 1.79 bits per heavy atom. The van der Waals surface area contributed by atoms with Gasteiger partial charge in [0.05, 0.1) is 0 Å². The molecule has 4 heteroatoms. The van der Waals surface area contributed by atoms with Gasteiger partial charge in [-0.1, -0.05) is 55.8 Å². The van der Waals surface area contributed by atoms with Crippen molar-refractivity contribution < 1.29 is 8.42 Å². The Balaban J connectivity index is 2.99. The standard InChI is InChI=1S/C15H23NO2S/c1-4-5-6-10-13-15(19(17,18)16(2)3)14-11-8-7-9-12-14/h6-12,15H,4-5,13H2,1-3H3/b10-6+. The molecule has 0 aliphatic heterocycles. The van der Waals surface area contributed by atoms with Gasteiger partial charge in [0.1, 0.15) is 5.25 Å². The lowest BCUT2D eigenvalue weighted by Crippen LogP contribution is -2.28. The molecule has 0 aliphatic carbocycles. The summed E-state index contributed by atoms with van der Waals surface area (Å²) in [6.45, 7) is 2.11. The van der Waals surface area contributed by atoms with Gasteiger partial charge < -0.3 is 0 Å². The molecular weight excluding hydrogens is 258 g/mol. The maximum absolute atomic E-state index is 12.4. The predicted octanol–water partition coefficient (Wildman–Crippen LogP) is 3.37. The van der Waals surface area contributed by atoms with E-state index >= 15 is 0 Å². The van der Waals surface area contributed by atoms with E-state index < -0.39 is 15.3 Å². The Hall–Kier alpha value is -1.13. The number of benzene rings is 1. The zero-order valence-corrected chi connectivity index (χ0v) is 12.7. The van der Waals surface area contributed by atoms with E-state index in [1.165, 1.54) is 4.31 Å². The van der Waals surface area contributed by atoms with Gasteiger partial charge in [0, 0.05) is 14.1 Å². The molecule has 1 atom stereocenters. The minimum Gasteiger partial charge on any atom is -0.212 e. The highest BCUT2D eigenvalue weighted by molar-refractivity contribution is 7.89. The summed E-state index contributed by atoms with van der Waals surface area (Å²) in [6, 6.07) is 9.40. The van der Waals surface area contributed by atoms with Crippen molar-refractivity contribution in [2.45, 2.75) is 31.4 Å². The van der Waals surface area contributed by atoms with Gasteiger partial charge in [-0.05, 0) is 18.4 Å². The van der Waals surface area contributed by atoms with Crippen LogP contribution in [0.3, 0.4) is 0 Å². The number of sulfonamides is 1. The van der Waals surface area contributed by atoms with Crippen molar-refractivity contribution in [2.75, 3.05) is 14.1 Å². The molecule has 1 rings (SSSR count). The summed E-state index contributed by atoms with van der Waals surface area (Å²) >= 11 is 0. The summed E-state index contributed by atoms with van der Waals surface area (Å²) in [6.07, 6.45) is 6.62. The summed E-state index contributed by atoms with van der Waals surface area (Å²) < 4.78 is 26.1. The monoisotopic (exact) mass is 281 g/mol. The zero-order valence-electron chi connectivity index (χ0n) is 11.9. The second kappa shape index (κ2) is 7.46. The molecule has 0 bridgehead atoms. The van der Waals surface area contributed by atoms with Gasteiger partial charge in [0.25, 0.3) is 0 Å². The van der Waals surface area contributed by atoms with Crippen molar-refractivity contribution in [3.05, 3.63) is 48.0 Å². The van der Waals surface area contributed by atoms with Gasteiger partial charge >= 0.3 is 0 Å². The molecule has 0 saturated heterocycles. The largest absolute Gasteiger partial charge is 0.220 e. The highest BCUT2D eigenvalue weighted by Crippen LogP contribution is 2.28. The van der Waals surface area contributed by atoms with Crippen molar-refractivity contribution in [3.63, 3.8) is 0 Å². The Morgan fingerprint density at radius 3 is 2.32 bits per heavy atom. The van der Waals surface area contributed by atoms with Crippen molar-refractivity contribution in [2.24, 2.45) is 0 Å². The summed E-state index contributed by atoms with van der Waals surface area (Å²) in [4.78, 5) is 0. The molecule has 1 aromatic rings. The first-order valence-electron chi connectivity index (χ1n) is 6.61. The number of hydrogen-bond acceptors (Lipinski definition) is 2. The maximum atomic E-state index is 12.4. The van der Waals surface area contributed by atoms with E-state index in [1.54, 1.807) is 14.1 Å². The third-order valence-electron chi connectivity index (χ3n) is 3.01. The molecule has 0 radical (unpaired) electrons. The average Bonchev–Trinajstić information content (AvgIpc) is 2.39. The van der Waals surface area contributed by atoms with E-state index in [1.807, 2.05) is 36.4 Å². The van der Waals surface area contributed by atoms with Gasteiger partial charge in [0.15, 0.2) is 0 Å². The van der Waals surface area contributed by atoms with E-state index in [0.29, 0.717) is 6.42 Å². The molecule has 106 valence electrons. The number of unbranched alkanes of at least 4 members (excludes halogenated alkanes) is 1. The molecule has 0 heterocycles. The Morgan fingerprint density at radius 1 is 1.16 bits per heavy atom. The fourth-order valence-corrected chi connectivity index (χ4v) is 3.22. The van der Waals surface area contributed by atoms with Crippen LogP contribution in [0.25, 0.3) is 0 Å². The van der Waals surface area contributed by atoms with E-state index in [-0.39, 0.29) is 0 Å². The van der Waals surface area contributed by atoms with Crippen LogP contribution < -0.4 is 0 Å². The number of rotatable bonds is 7. The van der Waals surface area contributed by atoms with Crippen LogP contribution in [0.5, 0.6) is 0 Å². The number of nitrogens with zero attached hydrogens (tertiary/aromatic N) is 1. The first kappa shape index (κ1) is 15.9. The van der Waals surface area contributed by atoms with Crippen LogP contribution in [-0.4, -0.2) is 26.8 Å². The Labute approximate surface area is 117 Å². The second-order valence-electron chi connectivity index (χ2n) is 4.72. The van der Waals surface area contributed by atoms with E-state index in [4.69, 9.17) is 0 Å². The molecule has 0 aliphatic rings. The van der Waals surface area contributed by atoms with Crippen LogP contribution in [0.4, 0.5) is 0 Å². The third-order valence-corrected chi connectivity index (χ3v) is 5.21. The van der Waals surface area contributed by atoms with E-state index in [0.717, 1.165) is 18.4 Å². The van der Waals surface area contributed by atoms with Crippen LogP contribution in [0.1, 0.15) is 37.0 Å². The quantitative estimate of drug-likeness (QED) is 0.719. The fourth-order valence-electron chi connectivity index (χ4n) is 1.86. The van der Waals surface area contributed by atoms with Crippen molar-refractivity contribution in [1.82, 2.24) is 4.31 Å². The molecule has 0 N–H and O–H groups in total. The average molecular weight is 281 g/mol. The van der Waals surface area contributed by atoms with Crippen LogP contribution in [0.2, 0.25) is 0 Å². The first-order chi connectivity index (χ1) is 9.00. The molecule has 0 fully saturated rings. The van der Waals surface area contributed by atoms with Crippen LogP contribution in [0, 0.1) is 0 Å². The van der Waals surface area contributed by atoms with Gasteiger partial charge in [-0.25, -0.2) is 12.7 Å². The molecule has 3 nitrogen and oxygen atoms in total.